The Morgan fingerprint density at radius 1 is 1.33 bits per heavy atom. The van der Waals surface area contributed by atoms with Crippen molar-refractivity contribution in [2.45, 2.75) is 5.03 Å². The summed E-state index contributed by atoms with van der Waals surface area (Å²) in [4.78, 5) is 10.4. The number of carboxylic acid groups (broad SMARTS) is 1. The van der Waals surface area contributed by atoms with Crippen LogP contribution in [0.5, 0.6) is 0 Å². The number of aromatic nitrogens is 3. The summed E-state index contributed by atoms with van der Waals surface area (Å²) in [6, 6.07) is 7.37. The van der Waals surface area contributed by atoms with Crippen LogP contribution in [0.4, 0.5) is 0 Å². The summed E-state index contributed by atoms with van der Waals surface area (Å²) >= 11 is 1.14. The molecule has 0 aliphatic heterocycles. The molecule has 0 saturated carbocycles. The summed E-state index contributed by atoms with van der Waals surface area (Å²) < 4.78 is 0. The maximum atomic E-state index is 10.4. The van der Waals surface area contributed by atoms with E-state index < -0.39 is 5.97 Å². The number of hydrogen-bond donors (Lipinski definition) is 1. The van der Waals surface area contributed by atoms with Gasteiger partial charge in [0.2, 0.25) is 0 Å². The molecule has 1 N–H and O–H groups in total. The van der Waals surface area contributed by atoms with E-state index in [2.05, 4.69) is 15.4 Å². The Hall–Kier alpha value is -1.69. The van der Waals surface area contributed by atoms with Gasteiger partial charge in [-0.3, -0.25) is 4.79 Å². The van der Waals surface area contributed by atoms with Crippen LogP contribution in [0.2, 0.25) is 0 Å². The van der Waals surface area contributed by atoms with Crippen LogP contribution in [0.1, 0.15) is 0 Å². The van der Waals surface area contributed by atoms with Crippen LogP contribution in [0.3, 0.4) is 0 Å². The van der Waals surface area contributed by atoms with Gasteiger partial charge in [-0.15, -0.1) is 10.2 Å². The number of carboxylic acids is 1. The van der Waals surface area contributed by atoms with Crippen molar-refractivity contribution in [3.05, 3.63) is 24.3 Å². The Bertz CT molecular complexity index is 498. The number of benzene rings is 1. The minimum Gasteiger partial charge on any atom is -0.481 e. The van der Waals surface area contributed by atoms with Crippen molar-refractivity contribution in [2.24, 2.45) is 0 Å². The molecule has 0 atom stereocenters. The van der Waals surface area contributed by atoms with Gasteiger partial charge < -0.3 is 5.11 Å². The second-order valence-electron chi connectivity index (χ2n) is 2.79. The van der Waals surface area contributed by atoms with E-state index in [-0.39, 0.29) is 5.75 Å². The van der Waals surface area contributed by atoms with Crippen LogP contribution in [0.25, 0.3) is 10.9 Å². The lowest BCUT2D eigenvalue weighted by Gasteiger charge is -2.00. The third-order valence-corrected chi connectivity index (χ3v) is 2.72. The lowest BCUT2D eigenvalue weighted by atomic mass is 10.2. The number of carbonyl (C=O) groups is 1. The Balaban J connectivity index is 2.38. The van der Waals surface area contributed by atoms with Crippen molar-refractivity contribution in [1.29, 1.82) is 0 Å². The van der Waals surface area contributed by atoms with Gasteiger partial charge in [-0.2, -0.15) is 0 Å². The Kier molecular flexibility index (Phi) is 2.77. The molecule has 0 spiro atoms. The van der Waals surface area contributed by atoms with E-state index in [1.165, 1.54) is 0 Å². The molecule has 1 aromatic carbocycles. The van der Waals surface area contributed by atoms with E-state index in [4.69, 9.17) is 5.11 Å². The SMILES string of the molecule is O=C(O)CSc1nnnc2ccccc12. The highest BCUT2D eigenvalue weighted by Crippen LogP contribution is 2.22. The summed E-state index contributed by atoms with van der Waals surface area (Å²) in [7, 11) is 0. The van der Waals surface area contributed by atoms with E-state index in [0.717, 1.165) is 22.7 Å². The van der Waals surface area contributed by atoms with Crippen molar-refractivity contribution in [3.8, 4) is 0 Å². The standard InChI is InChI=1S/C9H7N3O2S/c13-8(14)5-15-9-6-3-1-2-4-7(6)10-12-11-9/h1-4H,5H2,(H,13,14). The first kappa shape index (κ1) is 9.85. The molecule has 1 heterocycles. The van der Waals surface area contributed by atoms with E-state index in [1.807, 2.05) is 24.3 Å². The van der Waals surface area contributed by atoms with Gasteiger partial charge in [0.15, 0.2) is 0 Å². The fourth-order valence-corrected chi connectivity index (χ4v) is 1.83. The first-order valence-electron chi connectivity index (χ1n) is 4.20. The molecule has 0 saturated heterocycles. The number of hydrogen-bond acceptors (Lipinski definition) is 5. The number of thioether (sulfide) groups is 1. The van der Waals surface area contributed by atoms with Crippen molar-refractivity contribution < 1.29 is 9.90 Å². The number of rotatable bonds is 3. The molecule has 1 aromatic heterocycles. The molecule has 15 heavy (non-hydrogen) atoms. The molecule has 2 rings (SSSR count). The molecule has 6 heteroatoms. The first-order valence-corrected chi connectivity index (χ1v) is 5.18. The van der Waals surface area contributed by atoms with Gasteiger partial charge in [0, 0.05) is 5.39 Å². The average molecular weight is 221 g/mol. The van der Waals surface area contributed by atoms with Crippen LogP contribution in [0.15, 0.2) is 29.3 Å². The molecule has 0 radical (unpaired) electrons. The van der Waals surface area contributed by atoms with Crippen molar-refractivity contribution >= 4 is 28.6 Å². The summed E-state index contributed by atoms with van der Waals surface area (Å²) in [5, 5.41) is 21.2. The fourth-order valence-electron chi connectivity index (χ4n) is 1.14. The predicted octanol–water partition coefficient (Wildman–Crippen LogP) is 1.20. The minimum absolute atomic E-state index is 0.0251. The Morgan fingerprint density at radius 2 is 2.13 bits per heavy atom. The van der Waals surface area contributed by atoms with Gasteiger partial charge in [-0.25, -0.2) is 0 Å². The number of fused-ring (bicyclic) bond motifs is 1. The van der Waals surface area contributed by atoms with Gasteiger partial charge in [-0.05, 0) is 17.3 Å². The monoisotopic (exact) mass is 221 g/mol. The van der Waals surface area contributed by atoms with E-state index in [0.29, 0.717) is 5.03 Å². The smallest absolute Gasteiger partial charge is 0.313 e. The van der Waals surface area contributed by atoms with E-state index >= 15 is 0 Å². The molecule has 0 bridgehead atoms. The molecule has 2 aromatic rings. The second-order valence-corrected chi connectivity index (χ2v) is 3.76. The maximum absolute atomic E-state index is 10.4. The van der Waals surface area contributed by atoms with Crippen LogP contribution >= 0.6 is 11.8 Å². The Labute approximate surface area is 89.5 Å². The lowest BCUT2D eigenvalue weighted by Crippen LogP contribution is -1.99. The topological polar surface area (TPSA) is 76.0 Å². The number of nitrogens with zero attached hydrogens (tertiary/aromatic N) is 3. The minimum atomic E-state index is -0.873. The highest BCUT2D eigenvalue weighted by molar-refractivity contribution is 8.00. The molecule has 0 aliphatic carbocycles. The highest BCUT2D eigenvalue weighted by Gasteiger charge is 2.06. The molecule has 0 aliphatic rings. The largest absolute Gasteiger partial charge is 0.481 e. The predicted molar refractivity (Wildman–Crippen MR) is 55.7 cm³/mol. The second kappa shape index (κ2) is 4.22. The number of aliphatic carboxylic acids is 1. The van der Waals surface area contributed by atoms with Gasteiger partial charge in [0.25, 0.3) is 0 Å². The van der Waals surface area contributed by atoms with Crippen molar-refractivity contribution in [2.75, 3.05) is 5.75 Å². The van der Waals surface area contributed by atoms with Gasteiger partial charge in [0.1, 0.15) is 5.03 Å². The van der Waals surface area contributed by atoms with Gasteiger partial charge in [0.05, 0.1) is 11.3 Å². The maximum Gasteiger partial charge on any atom is 0.313 e. The van der Waals surface area contributed by atoms with Gasteiger partial charge in [-0.1, -0.05) is 23.9 Å². The van der Waals surface area contributed by atoms with E-state index in [1.54, 1.807) is 0 Å². The quantitative estimate of drug-likeness (QED) is 0.785. The zero-order valence-electron chi connectivity index (χ0n) is 7.62. The Morgan fingerprint density at radius 3 is 2.93 bits per heavy atom. The molecule has 5 nitrogen and oxygen atoms in total. The zero-order chi connectivity index (χ0) is 10.7. The van der Waals surface area contributed by atoms with Crippen LogP contribution < -0.4 is 0 Å². The molecule has 0 amide bonds. The van der Waals surface area contributed by atoms with Crippen LogP contribution in [-0.4, -0.2) is 32.2 Å². The zero-order valence-corrected chi connectivity index (χ0v) is 8.44. The van der Waals surface area contributed by atoms with Crippen LogP contribution in [0, 0.1) is 0 Å². The summed E-state index contributed by atoms with van der Waals surface area (Å²) in [6.45, 7) is 0. The summed E-state index contributed by atoms with van der Waals surface area (Å²) in [5.41, 5.74) is 0.723. The average Bonchev–Trinajstić information content (AvgIpc) is 2.26. The lowest BCUT2D eigenvalue weighted by molar-refractivity contribution is -0.133. The normalized spacial score (nSPS) is 10.4. The van der Waals surface area contributed by atoms with Gasteiger partial charge >= 0.3 is 5.97 Å². The van der Waals surface area contributed by atoms with Crippen molar-refractivity contribution in [3.63, 3.8) is 0 Å². The van der Waals surface area contributed by atoms with Crippen molar-refractivity contribution in [1.82, 2.24) is 15.4 Å². The molecule has 0 unspecified atom stereocenters. The first-order chi connectivity index (χ1) is 7.27. The highest BCUT2D eigenvalue weighted by atomic mass is 32.2. The van der Waals surface area contributed by atoms with Crippen LogP contribution in [-0.2, 0) is 4.79 Å². The van der Waals surface area contributed by atoms with E-state index in [9.17, 15) is 4.79 Å². The molecule has 0 fully saturated rings. The molecule has 76 valence electrons. The summed E-state index contributed by atoms with van der Waals surface area (Å²) in [6.07, 6.45) is 0. The fraction of sp³-hybridized carbons (Fsp3) is 0.111. The third-order valence-electron chi connectivity index (χ3n) is 1.75. The molecular formula is C9H7N3O2S. The molecular weight excluding hydrogens is 214 g/mol. The summed E-state index contributed by atoms with van der Waals surface area (Å²) in [5.74, 6) is -0.898. The third kappa shape index (κ3) is 2.21.